The Kier molecular flexibility index (Phi) is 2.93. The van der Waals surface area contributed by atoms with Crippen molar-refractivity contribution in [2.24, 2.45) is 0 Å². The zero-order valence-electron chi connectivity index (χ0n) is 9.72. The number of thiophene rings is 1. The fourth-order valence-corrected chi connectivity index (χ4v) is 2.75. The van der Waals surface area contributed by atoms with Crippen LogP contribution in [0.15, 0.2) is 30.3 Å². The first kappa shape index (κ1) is 11.5. The second kappa shape index (κ2) is 4.59. The molecule has 3 rings (SSSR count). The van der Waals surface area contributed by atoms with E-state index in [9.17, 15) is 0 Å². The van der Waals surface area contributed by atoms with Crippen LogP contribution in [0.3, 0.4) is 0 Å². The van der Waals surface area contributed by atoms with Crippen LogP contribution < -0.4 is 5.32 Å². The summed E-state index contributed by atoms with van der Waals surface area (Å²) in [5.74, 6) is 0.633. The number of hydrogen-bond acceptors (Lipinski definition) is 4. The molecule has 92 valence electrons. The molecule has 0 bridgehead atoms. The van der Waals surface area contributed by atoms with Gasteiger partial charge in [-0.15, -0.1) is 16.4 Å². The van der Waals surface area contributed by atoms with Gasteiger partial charge in [-0.3, -0.25) is 0 Å². The minimum absolute atomic E-state index is 0.633. The van der Waals surface area contributed by atoms with Crippen molar-refractivity contribution >= 4 is 34.5 Å². The topological polar surface area (TPSA) is 42.2 Å². The van der Waals surface area contributed by atoms with E-state index in [0.717, 1.165) is 20.6 Å². The Morgan fingerprint density at radius 3 is 2.94 bits per heavy atom. The van der Waals surface area contributed by atoms with Gasteiger partial charge in [-0.25, -0.2) is 4.52 Å². The molecular formula is C12H11ClN4S. The van der Waals surface area contributed by atoms with Crippen molar-refractivity contribution in [2.45, 2.75) is 13.5 Å². The van der Waals surface area contributed by atoms with E-state index in [4.69, 9.17) is 11.6 Å². The molecule has 0 aliphatic heterocycles. The molecule has 0 saturated carbocycles. The highest BCUT2D eigenvalue weighted by atomic mass is 35.5. The molecule has 0 amide bonds. The standard InChI is InChI=1S/C12H11ClN4S/c1-8-3-2-4-11-15-12(16-17(8)11)14-7-9-5-6-10(13)18-9/h2-6H,7H2,1H3,(H,14,16). The van der Waals surface area contributed by atoms with Crippen molar-refractivity contribution in [3.8, 4) is 0 Å². The summed E-state index contributed by atoms with van der Waals surface area (Å²) in [6.45, 7) is 2.69. The largest absolute Gasteiger partial charge is 0.348 e. The van der Waals surface area contributed by atoms with Gasteiger partial charge in [0.05, 0.1) is 10.9 Å². The van der Waals surface area contributed by atoms with Crippen LogP contribution in [0.25, 0.3) is 5.65 Å². The number of aryl methyl sites for hydroxylation is 1. The summed E-state index contributed by atoms with van der Waals surface area (Å²) in [5.41, 5.74) is 1.91. The van der Waals surface area contributed by atoms with Gasteiger partial charge < -0.3 is 5.32 Å². The summed E-state index contributed by atoms with van der Waals surface area (Å²) in [4.78, 5) is 5.57. The third-order valence-electron chi connectivity index (χ3n) is 2.60. The van der Waals surface area contributed by atoms with Crippen molar-refractivity contribution < 1.29 is 0 Å². The second-order valence-electron chi connectivity index (χ2n) is 3.93. The van der Waals surface area contributed by atoms with Gasteiger partial charge in [0, 0.05) is 10.6 Å². The number of rotatable bonds is 3. The number of nitrogens with zero attached hydrogens (tertiary/aromatic N) is 3. The van der Waals surface area contributed by atoms with E-state index in [2.05, 4.69) is 15.4 Å². The maximum Gasteiger partial charge on any atom is 0.243 e. The third-order valence-corrected chi connectivity index (χ3v) is 3.83. The van der Waals surface area contributed by atoms with Gasteiger partial charge in [-0.2, -0.15) is 4.98 Å². The second-order valence-corrected chi connectivity index (χ2v) is 5.73. The molecule has 3 aromatic rings. The predicted molar refractivity (Wildman–Crippen MR) is 74.4 cm³/mol. The molecule has 3 heterocycles. The first-order valence-corrected chi connectivity index (χ1v) is 6.72. The normalized spacial score (nSPS) is 11.0. The maximum atomic E-state index is 5.88. The Hall–Kier alpha value is -1.59. The lowest BCUT2D eigenvalue weighted by Gasteiger charge is -1.97. The van der Waals surface area contributed by atoms with Crippen molar-refractivity contribution in [3.05, 3.63) is 45.2 Å². The molecule has 0 aromatic carbocycles. The molecule has 0 aliphatic rings. The molecule has 6 heteroatoms. The van der Waals surface area contributed by atoms with Crippen molar-refractivity contribution in [1.29, 1.82) is 0 Å². The number of fused-ring (bicyclic) bond motifs is 1. The van der Waals surface area contributed by atoms with Crippen molar-refractivity contribution in [3.63, 3.8) is 0 Å². The lowest BCUT2D eigenvalue weighted by atomic mass is 10.4. The van der Waals surface area contributed by atoms with Crippen LogP contribution in [-0.2, 0) is 6.54 Å². The Labute approximate surface area is 113 Å². The Balaban J connectivity index is 1.81. The summed E-state index contributed by atoms with van der Waals surface area (Å²) < 4.78 is 2.62. The SMILES string of the molecule is Cc1cccc2nc(NCc3ccc(Cl)s3)nn12. The van der Waals surface area contributed by atoms with E-state index in [1.165, 1.54) is 0 Å². The number of aromatic nitrogens is 3. The van der Waals surface area contributed by atoms with Gasteiger partial charge in [-0.1, -0.05) is 17.7 Å². The summed E-state index contributed by atoms with van der Waals surface area (Å²) >= 11 is 7.44. The monoisotopic (exact) mass is 278 g/mol. The lowest BCUT2D eigenvalue weighted by Crippen LogP contribution is -1.99. The zero-order chi connectivity index (χ0) is 12.5. The molecule has 0 spiro atoms. The van der Waals surface area contributed by atoms with E-state index in [-0.39, 0.29) is 0 Å². The average Bonchev–Trinajstić information content (AvgIpc) is 2.93. The van der Waals surface area contributed by atoms with Crippen LogP contribution in [0.2, 0.25) is 4.34 Å². The van der Waals surface area contributed by atoms with E-state index < -0.39 is 0 Å². The van der Waals surface area contributed by atoms with Gasteiger partial charge in [0.15, 0.2) is 5.65 Å². The van der Waals surface area contributed by atoms with Gasteiger partial charge in [0.1, 0.15) is 0 Å². The zero-order valence-corrected chi connectivity index (χ0v) is 11.3. The highest BCUT2D eigenvalue weighted by Crippen LogP contribution is 2.22. The number of nitrogens with one attached hydrogen (secondary N) is 1. The first-order chi connectivity index (χ1) is 8.72. The quantitative estimate of drug-likeness (QED) is 0.799. The summed E-state index contributed by atoms with van der Waals surface area (Å²) in [7, 11) is 0. The van der Waals surface area contributed by atoms with Gasteiger partial charge in [0.2, 0.25) is 5.95 Å². The van der Waals surface area contributed by atoms with Crippen molar-refractivity contribution in [2.75, 3.05) is 5.32 Å². The van der Waals surface area contributed by atoms with E-state index in [0.29, 0.717) is 12.5 Å². The fraction of sp³-hybridized carbons (Fsp3) is 0.167. The average molecular weight is 279 g/mol. The van der Waals surface area contributed by atoms with Gasteiger partial charge >= 0.3 is 0 Å². The molecule has 18 heavy (non-hydrogen) atoms. The number of hydrogen-bond donors (Lipinski definition) is 1. The highest BCUT2D eigenvalue weighted by molar-refractivity contribution is 7.16. The van der Waals surface area contributed by atoms with Crippen LogP contribution in [0.4, 0.5) is 5.95 Å². The van der Waals surface area contributed by atoms with Gasteiger partial charge in [-0.05, 0) is 31.2 Å². The smallest absolute Gasteiger partial charge is 0.243 e. The summed E-state index contributed by atoms with van der Waals surface area (Å²) in [5, 5.41) is 7.60. The molecule has 0 unspecified atom stereocenters. The van der Waals surface area contributed by atoms with Crippen molar-refractivity contribution in [1.82, 2.24) is 14.6 Å². The highest BCUT2D eigenvalue weighted by Gasteiger charge is 2.05. The van der Waals surface area contributed by atoms with E-state index >= 15 is 0 Å². The number of anilines is 1. The van der Waals surface area contributed by atoms with Crippen LogP contribution >= 0.6 is 22.9 Å². The lowest BCUT2D eigenvalue weighted by molar-refractivity contribution is 0.910. The van der Waals surface area contributed by atoms with Crippen LogP contribution in [-0.4, -0.2) is 14.6 Å². The van der Waals surface area contributed by atoms with Crippen LogP contribution in [0.5, 0.6) is 0 Å². The fourth-order valence-electron chi connectivity index (χ4n) is 1.72. The Morgan fingerprint density at radius 1 is 1.33 bits per heavy atom. The molecule has 3 aromatic heterocycles. The Bertz CT molecular complexity index is 688. The minimum atomic E-state index is 0.633. The first-order valence-electron chi connectivity index (χ1n) is 5.53. The summed E-state index contributed by atoms with van der Waals surface area (Å²) in [6.07, 6.45) is 0. The predicted octanol–water partition coefficient (Wildman–Crippen LogP) is 3.36. The van der Waals surface area contributed by atoms with Crippen LogP contribution in [0.1, 0.15) is 10.6 Å². The Morgan fingerprint density at radius 2 is 2.22 bits per heavy atom. The molecule has 0 aliphatic carbocycles. The number of pyridine rings is 1. The molecule has 1 N–H and O–H groups in total. The minimum Gasteiger partial charge on any atom is -0.348 e. The third kappa shape index (κ3) is 2.19. The maximum absolute atomic E-state index is 5.88. The summed E-state index contributed by atoms with van der Waals surface area (Å²) in [6, 6.07) is 9.81. The molecule has 0 fully saturated rings. The van der Waals surface area contributed by atoms with E-state index in [1.54, 1.807) is 11.3 Å². The number of halogens is 1. The molecule has 0 radical (unpaired) electrons. The van der Waals surface area contributed by atoms with E-state index in [1.807, 2.05) is 41.8 Å². The molecule has 4 nitrogen and oxygen atoms in total. The molecular weight excluding hydrogens is 268 g/mol. The molecule has 0 atom stereocenters. The van der Waals surface area contributed by atoms with Gasteiger partial charge in [0.25, 0.3) is 0 Å². The van der Waals surface area contributed by atoms with Crippen LogP contribution in [0, 0.1) is 6.92 Å². The molecule has 0 saturated heterocycles.